The molecule has 2 aliphatic rings. The molecule has 0 aliphatic carbocycles. The van der Waals surface area contributed by atoms with Crippen LogP contribution in [0.25, 0.3) is 0 Å². The highest BCUT2D eigenvalue weighted by molar-refractivity contribution is 6.30. The summed E-state index contributed by atoms with van der Waals surface area (Å²) in [6.07, 6.45) is 0.610. The number of hydrogen-bond donors (Lipinski definition) is 1. The number of nitrogens with one attached hydrogen (secondary N) is 1. The minimum Gasteiger partial charge on any atom is -0.300 e. The molecule has 0 bridgehead atoms. The Labute approximate surface area is 201 Å². The van der Waals surface area contributed by atoms with Crippen LogP contribution in [-0.2, 0) is 6.42 Å². The lowest BCUT2D eigenvalue weighted by Crippen LogP contribution is -3.15. The first kappa shape index (κ1) is 22.0. The number of nitrogens with zero attached hydrogens (tertiary/aromatic N) is 2. The first-order valence-corrected chi connectivity index (χ1v) is 11.3. The number of hydrogen-bond acceptors (Lipinski definition) is 4. The summed E-state index contributed by atoms with van der Waals surface area (Å²) in [5.41, 5.74) is 2.48. The maximum absolute atomic E-state index is 12.9. The molecule has 4 amide bonds. The van der Waals surface area contributed by atoms with Crippen LogP contribution in [0.4, 0.5) is 0 Å². The molecule has 0 spiro atoms. The quantitative estimate of drug-likeness (QED) is 0.533. The van der Waals surface area contributed by atoms with Crippen LogP contribution in [-0.4, -0.2) is 53.3 Å². The Bertz CT molecular complexity index is 1170. The van der Waals surface area contributed by atoms with Gasteiger partial charge in [-0.3, -0.25) is 24.1 Å². The van der Waals surface area contributed by atoms with Gasteiger partial charge in [0.05, 0.1) is 28.8 Å². The standard InChI is InChI=1S/C26H20ClN3O4/c27-18-11-9-17(10-12-18)13-14-28(15-29-23(31)19-5-1-2-6-20(19)24(29)32)16-30-25(33)21-7-3-4-8-22(21)26(30)34/h1-12H,13-16H2/p+1. The third-order valence-corrected chi connectivity index (χ3v) is 6.45. The summed E-state index contributed by atoms with van der Waals surface area (Å²) in [5, 5.41) is 0.630. The second-order valence-electron chi connectivity index (χ2n) is 8.36. The minimum absolute atomic E-state index is 0.0351. The first-order valence-electron chi connectivity index (χ1n) is 10.9. The summed E-state index contributed by atoms with van der Waals surface area (Å²) in [7, 11) is 0. The molecule has 1 N–H and O–H groups in total. The number of carbonyl (C=O) groups is 4. The number of halogens is 1. The van der Waals surface area contributed by atoms with Gasteiger partial charge in [-0.15, -0.1) is 0 Å². The maximum Gasteiger partial charge on any atom is 0.265 e. The highest BCUT2D eigenvalue weighted by atomic mass is 35.5. The Hall–Kier alpha value is -3.81. The van der Waals surface area contributed by atoms with Crippen LogP contribution in [0.3, 0.4) is 0 Å². The summed E-state index contributed by atoms with van der Waals surface area (Å²) in [6, 6.07) is 20.8. The molecule has 170 valence electrons. The van der Waals surface area contributed by atoms with Crippen molar-refractivity contribution in [3.05, 3.63) is 106 Å². The molecule has 34 heavy (non-hydrogen) atoms. The van der Waals surface area contributed by atoms with Crippen LogP contribution in [0.15, 0.2) is 72.8 Å². The van der Waals surface area contributed by atoms with Crippen molar-refractivity contribution in [3.8, 4) is 0 Å². The van der Waals surface area contributed by atoms with E-state index in [1.165, 1.54) is 9.80 Å². The molecule has 0 saturated carbocycles. The average Bonchev–Trinajstić information content (AvgIpc) is 3.24. The fraction of sp³-hybridized carbons (Fsp3) is 0.154. The predicted molar refractivity (Wildman–Crippen MR) is 125 cm³/mol. The summed E-state index contributed by atoms with van der Waals surface area (Å²) in [5.74, 6) is -1.47. The van der Waals surface area contributed by atoms with Gasteiger partial charge < -0.3 is 0 Å². The Morgan fingerprint density at radius 2 is 0.971 bits per heavy atom. The van der Waals surface area contributed by atoms with Gasteiger partial charge in [0.25, 0.3) is 23.6 Å². The van der Waals surface area contributed by atoms with Crippen molar-refractivity contribution in [1.29, 1.82) is 0 Å². The van der Waals surface area contributed by atoms with Crippen LogP contribution in [0.2, 0.25) is 5.02 Å². The van der Waals surface area contributed by atoms with Gasteiger partial charge in [-0.25, -0.2) is 9.80 Å². The Morgan fingerprint density at radius 1 is 0.588 bits per heavy atom. The van der Waals surface area contributed by atoms with Gasteiger partial charge >= 0.3 is 0 Å². The van der Waals surface area contributed by atoms with Crippen LogP contribution >= 0.6 is 11.6 Å². The first-order chi connectivity index (χ1) is 16.4. The van der Waals surface area contributed by atoms with Crippen molar-refractivity contribution in [1.82, 2.24) is 9.80 Å². The Balaban J connectivity index is 1.38. The normalized spacial score (nSPS) is 14.9. The molecule has 0 fully saturated rings. The molecule has 8 heteroatoms. The molecule has 3 aromatic rings. The predicted octanol–water partition coefficient (Wildman–Crippen LogP) is 2.27. The fourth-order valence-electron chi connectivity index (χ4n) is 4.39. The third-order valence-electron chi connectivity index (χ3n) is 6.20. The van der Waals surface area contributed by atoms with E-state index in [1.807, 2.05) is 12.1 Å². The van der Waals surface area contributed by atoms with Crippen molar-refractivity contribution in [2.75, 3.05) is 19.9 Å². The number of fused-ring (bicyclic) bond motifs is 2. The second kappa shape index (κ2) is 8.85. The van der Waals surface area contributed by atoms with Gasteiger partial charge in [0.2, 0.25) is 0 Å². The van der Waals surface area contributed by atoms with Gasteiger partial charge in [0.15, 0.2) is 13.3 Å². The molecule has 5 rings (SSSR count). The summed E-state index contributed by atoms with van der Waals surface area (Å²) < 4.78 is 0. The highest BCUT2D eigenvalue weighted by Crippen LogP contribution is 2.23. The lowest BCUT2D eigenvalue weighted by Gasteiger charge is -2.27. The molecule has 7 nitrogen and oxygen atoms in total. The monoisotopic (exact) mass is 474 g/mol. The van der Waals surface area contributed by atoms with Gasteiger partial charge in [-0.2, -0.15) is 0 Å². The van der Waals surface area contributed by atoms with Gasteiger partial charge in [-0.05, 0) is 42.0 Å². The van der Waals surface area contributed by atoms with Crippen LogP contribution in [0.1, 0.15) is 47.0 Å². The van der Waals surface area contributed by atoms with Crippen LogP contribution < -0.4 is 4.90 Å². The van der Waals surface area contributed by atoms with E-state index in [4.69, 9.17) is 11.6 Å². The molecule has 0 unspecified atom stereocenters. The lowest BCUT2D eigenvalue weighted by atomic mass is 10.1. The number of imide groups is 2. The van der Waals surface area contributed by atoms with Gasteiger partial charge in [-0.1, -0.05) is 48.0 Å². The SMILES string of the molecule is O=C1c2ccccc2C(=O)N1C[NH+](CCc1ccc(Cl)cc1)CN1C(=O)c2ccccc2C1=O. The second-order valence-corrected chi connectivity index (χ2v) is 8.80. The average molecular weight is 475 g/mol. The molecule has 0 atom stereocenters. The molecule has 3 aromatic carbocycles. The van der Waals surface area contributed by atoms with E-state index in [0.29, 0.717) is 40.2 Å². The summed E-state index contributed by atoms with van der Waals surface area (Å²) >= 11 is 5.99. The number of amides is 4. The smallest absolute Gasteiger partial charge is 0.265 e. The van der Waals surface area contributed by atoms with E-state index in [0.717, 1.165) is 10.5 Å². The highest BCUT2D eigenvalue weighted by Gasteiger charge is 2.41. The van der Waals surface area contributed by atoms with E-state index < -0.39 is 0 Å². The Kier molecular flexibility index (Phi) is 5.73. The molecule has 0 saturated heterocycles. The van der Waals surface area contributed by atoms with Crippen LogP contribution in [0, 0.1) is 0 Å². The fourth-order valence-corrected chi connectivity index (χ4v) is 4.52. The van der Waals surface area contributed by atoms with Crippen molar-refractivity contribution in [3.63, 3.8) is 0 Å². The van der Waals surface area contributed by atoms with Crippen molar-refractivity contribution < 1.29 is 24.1 Å². The zero-order valence-electron chi connectivity index (χ0n) is 18.2. The third kappa shape index (κ3) is 3.89. The van der Waals surface area contributed by atoms with E-state index in [9.17, 15) is 19.2 Å². The number of carbonyl (C=O) groups excluding carboxylic acids is 4. The number of benzene rings is 3. The summed E-state index contributed by atoms with van der Waals surface area (Å²) in [6.45, 7) is 0.559. The van der Waals surface area contributed by atoms with E-state index in [2.05, 4.69) is 0 Å². The van der Waals surface area contributed by atoms with Crippen LogP contribution in [0.5, 0.6) is 0 Å². The molecule has 2 aliphatic heterocycles. The van der Waals surface area contributed by atoms with Gasteiger partial charge in [0, 0.05) is 11.4 Å². The van der Waals surface area contributed by atoms with Crippen molar-refractivity contribution in [2.24, 2.45) is 0 Å². The zero-order chi connectivity index (χ0) is 23.8. The maximum atomic E-state index is 12.9. The van der Waals surface area contributed by atoms with E-state index in [-0.39, 0.29) is 37.0 Å². The number of rotatable bonds is 7. The molecule has 2 heterocycles. The molecular formula is C26H21ClN3O4+. The molecule has 0 radical (unpaired) electrons. The molecular weight excluding hydrogens is 454 g/mol. The van der Waals surface area contributed by atoms with Gasteiger partial charge in [0.1, 0.15) is 0 Å². The largest absolute Gasteiger partial charge is 0.300 e. The van der Waals surface area contributed by atoms with E-state index >= 15 is 0 Å². The summed E-state index contributed by atoms with van der Waals surface area (Å²) in [4.78, 5) is 54.8. The minimum atomic E-state index is -0.369. The topological polar surface area (TPSA) is 79.2 Å². The Morgan fingerprint density at radius 3 is 1.35 bits per heavy atom. The lowest BCUT2D eigenvalue weighted by molar-refractivity contribution is -0.914. The number of quaternary nitrogens is 1. The van der Waals surface area contributed by atoms with Crippen molar-refractivity contribution in [2.45, 2.75) is 6.42 Å². The van der Waals surface area contributed by atoms with Crippen molar-refractivity contribution >= 4 is 35.2 Å². The molecule has 0 aromatic heterocycles. The zero-order valence-corrected chi connectivity index (χ0v) is 18.9. The van der Waals surface area contributed by atoms with E-state index in [1.54, 1.807) is 60.7 Å².